The van der Waals surface area contributed by atoms with Gasteiger partial charge in [-0.05, 0) is 31.0 Å². The number of aromatic nitrogens is 2. The van der Waals surface area contributed by atoms with Crippen LogP contribution in [0.4, 0.5) is 15.9 Å². The average molecular weight is 430 g/mol. The molecule has 1 aliphatic heterocycles. The molecule has 0 radical (unpaired) electrons. The van der Waals surface area contributed by atoms with Gasteiger partial charge in [-0.2, -0.15) is 0 Å². The van der Waals surface area contributed by atoms with Gasteiger partial charge in [-0.15, -0.1) is 0 Å². The molecule has 1 aromatic heterocycles. The van der Waals surface area contributed by atoms with Crippen LogP contribution in [0.25, 0.3) is 10.9 Å². The van der Waals surface area contributed by atoms with Crippen molar-refractivity contribution >= 4 is 39.9 Å². The van der Waals surface area contributed by atoms with Crippen molar-refractivity contribution in [3.8, 4) is 5.75 Å². The van der Waals surface area contributed by atoms with Crippen molar-refractivity contribution in [3.63, 3.8) is 0 Å². The number of nitrogens with one attached hydrogen (secondary N) is 3. The highest BCUT2D eigenvalue weighted by Gasteiger charge is 2.22. The molecule has 1 atom stereocenters. The zero-order chi connectivity index (χ0) is 21.1. The van der Waals surface area contributed by atoms with Crippen molar-refractivity contribution in [3.05, 3.63) is 53.1 Å². The van der Waals surface area contributed by atoms with Gasteiger partial charge in [-0.25, -0.2) is 14.4 Å². The topological polar surface area (TPSA) is 88.2 Å². The van der Waals surface area contributed by atoms with E-state index in [9.17, 15) is 9.18 Å². The number of rotatable bonds is 6. The van der Waals surface area contributed by atoms with Gasteiger partial charge < -0.3 is 20.7 Å². The number of piperidine rings is 1. The second-order valence-electron chi connectivity index (χ2n) is 7.00. The van der Waals surface area contributed by atoms with Crippen molar-refractivity contribution in [1.29, 1.82) is 0 Å². The molecular formula is C21H21ClFN5O2. The molecule has 1 amide bonds. The summed E-state index contributed by atoms with van der Waals surface area (Å²) < 4.78 is 19.9. The van der Waals surface area contributed by atoms with Crippen molar-refractivity contribution in [2.75, 3.05) is 19.0 Å². The standard InChI is InChI=1S/C21H21ClFN5O2/c1-30-18-9-17-13(8-12(18)10-25-16-6-3-7-24-21(16)29)20(27-11-26-17)28-15-5-2-4-14(22)19(15)23/h2,4-5,8-9,11,16,25H,3,6-7,10H2,1H3,(H,24,29)(H,26,27,28)/t16-/m1/s1. The maximum Gasteiger partial charge on any atom is 0.237 e. The smallest absolute Gasteiger partial charge is 0.237 e. The Hall–Kier alpha value is -2.97. The van der Waals surface area contributed by atoms with Gasteiger partial charge in [0.25, 0.3) is 0 Å². The zero-order valence-corrected chi connectivity index (χ0v) is 17.1. The van der Waals surface area contributed by atoms with Crippen molar-refractivity contribution in [2.24, 2.45) is 0 Å². The average Bonchev–Trinajstić information content (AvgIpc) is 2.76. The number of anilines is 2. The van der Waals surface area contributed by atoms with Crippen LogP contribution >= 0.6 is 11.6 Å². The zero-order valence-electron chi connectivity index (χ0n) is 16.3. The molecule has 30 heavy (non-hydrogen) atoms. The van der Waals surface area contributed by atoms with Crippen LogP contribution in [0.3, 0.4) is 0 Å². The van der Waals surface area contributed by atoms with E-state index in [0.29, 0.717) is 35.6 Å². The van der Waals surface area contributed by atoms with E-state index in [1.54, 1.807) is 25.3 Å². The summed E-state index contributed by atoms with van der Waals surface area (Å²) in [7, 11) is 1.58. The SMILES string of the molecule is COc1cc2ncnc(Nc3cccc(Cl)c3F)c2cc1CN[C@@H]1CCCNC1=O. The summed E-state index contributed by atoms with van der Waals surface area (Å²) in [4.78, 5) is 20.6. The van der Waals surface area contributed by atoms with Crippen molar-refractivity contribution in [2.45, 2.75) is 25.4 Å². The third kappa shape index (κ3) is 4.15. The van der Waals surface area contributed by atoms with E-state index >= 15 is 0 Å². The van der Waals surface area contributed by atoms with E-state index in [1.807, 2.05) is 6.07 Å². The summed E-state index contributed by atoms with van der Waals surface area (Å²) in [5, 5.41) is 9.86. The lowest BCUT2D eigenvalue weighted by molar-refractivity contribution is -0.124. The summed E-state index contributed by atoms with van der Waals surface area (Å²) in [5.74, 6) is 0.540. The van der Waals surface area contributed by atoms with E-state index in [1.165, 1.54) is 12.4 Å². The van der Waals surface area contributed by atoms with Crippen LogP contribution in [0.5, 0.6) is 5.75 Å². The number of carbonyl (C=O) groups excluding carboxylic acids is 1. The lowest BCUT2D eigenvalue weighted by Gasteiger charge is -2.23. The lowest BCUT2D eigenvalue weighted by atomic mass is 10.1. The molecule has 7 nitrogen and oxygen atoms in total. The highest BCUT2D eigenvalue weighted by Crippen LogP contribution is 2.31. The lowest BCUT2D eigenvalue weighted by Crippen LogP contribution is -2.47. The summed E-state index contributed by atoms with van der Waals surface area (Å²) in [6, 6.07) is 8.16. The summed E-state index contributed by atoms with van der Waals surface area (Å²) in [6.07, 6.45) is 3.12. The number of benzene rings is 2. The molecule has 156 valence electrons. The first-order valence-corrected chi connectivity index (χ1v) is 9.98. The molecular weight excluding hydrogens is 409 g/mol. The number of amides is 1. The molecule has 2 heterocycles. The normalized spacial score (nSPS) is 16.4. The molecule has 1 fully saturated rings. The van der Waals surface area contributed by atoms with Crippen LogP contribution in [0, 0.1) is 5.82 Å². The Morgan fingerprint density at radius 2 is 2.20 bits per heavy atom. The minimum atomic E-state index is -0.551. The molecule has 4 rings (SSSR count). The number of fused-ring (bicyclic) bond motifs is 1. The summed E-state index contributed by atoms with van der Waals surface area (Å²) in [6.45, 7) is 1.14. The Kier molecular flexibility index (Phi) is 5.96. The van der Waals surface area contributed by atoms with Gasteiger partial charge in [0.15, 0.2) is 5.82 Å². The summed E-state index contributed by atoms with van der Waals surface area (Å²) >= 11 is 5.88. The maximum absolute atomic E-state index is 14.3. The summed E-state index contributed by atoms with van der Waals surface area (Å²) in [5.41, 5.74) is 1.70. The predicted molar refractivity (Wildman–Crippen MR) is 114 cm³/mol. The monoisotopic (exact) mass is 429 g/mol. The van der Waals surface area contributed by atoms with Gasteiger partial charge in [0.1, 0.15) is 17.9 Å². The molecule has 2 aromatic carbocycles. The second-order valence-corrected chi connectivity index (χ2v) is 7.40. The van der Waals surface area contributed by atoms with Gasteiger partial charge in [-0.3, -0.25) is 4.79 Å². The highest BCUT2D eigenvalue weighted by molar-refractivity contribution is 6.31. The number of ether oxygens (including phenoxy) is 1. The van der Waals surface area contributed by atoms with Gasteiger partial charge in [0.05, 0.1) is 29.4 Å². The van der Waals surface area contributed by atoms with Gasteiger partial charge in [0.2, 0.25) is 5.91 Å². The van der Waals surface area contributed by atoms with Crippen LogP contribution in [-0.2, 0) is 11.3 Å². The van der Waals surface area contributed by atoms with E-state index in [4.69, 9.17) is 16.3 Å². The first-order chi connectivity index (χ1) is 14.6. The molecule has 3 aromatic rings. The first-order valence-electron chi connectivity index (χ1n) is 9.60. The largest absolute Gasteiger partial charge is 0.496 e. The Labute approximate surface area is 178 Å². The second kappa shape index (κ2) is 8.81. The Morgan fingerprint density at radius 3 is 3.00 bits per heavy atom. The van der Waals surface area contributed by atoms with Crippen LogP contribution in [-0.4, -0.2) is 35.6 Å². The van der Waals surface area contributed by atoms with Crippen LogP contribution in [0.2, 0.25) is 5.02 Å². The number of halogens is 2. The first kappa shape index (κ1) is 20.3. The van der Waals surface area contributed by atoms with Crippen LogP contribution < -0.4 is 20.7 Å². The molecule has 0 unspecified atom stereocenters. The van der Waals surface area contributed by atoms with Gasteiger partial charge >= 0.3 is 0 Å². The van der Waals surface area contributed by atoms with E-state index in [0.717, 1.165) is 18.4 Å². The fourth-order valence-corrected chi connectivity index (χ4v) is 3.66. The molecule has 3 N–H and O–H groups in total. The molecule has 0 spiro atoms. The van der Waals surface area contributed by atoms with Crippen molar-refractivity contribution < 1.29 is 13.9 Å². The number of hydrogen-bond donors (Lipinski definition) is 3. The molecule has 0 aliphatic carbocycles. The minimum absolute atomic E-state index is 0.00289. The third-order valence-corrected chi connectivity index (χ3v) is 5.36. The number of carbonyl (C=O) groups is 1. The van der Waals surface area contributed by atoms with E-state index in [-0.39, 0.29) is 22.7 Å². The van der Waals surface area contributed by atoms with Gasteiger partial charge in [-0.1, -0.05) is 17.7 Å². The van der Waals surface area contributed by atoms with E-state index in [2.05, 4.69) is 25.9 Å². The van der Waals surface area contributed by atoms with Crippen molar-refractivity contribution in [1.82, 2.24) is 20.6 Å². The minimum Gasteiger partial charge on any atom is -0.496 e. The van der Waals surface area contributed by atoms with E-state index < -0.39 is 5.82 Å². The Bertz CT molecular complexity index is 1090. The molecule has 0 bridgehead atoms. The quantitative estimate of drug-likeness (QED) is 0.555. The maximum atomic E-state index is 14.3. The number of hydrogen-bond acceptors (Lipinski definition) is 6. The van der Waals surface area contributed by atoms with Crippen LogP contribution in [0.15, 0.2) is 36.7 Å². The fourth-order valence-electron chi connectivity index (χ4n) is 3.48. The van der Waals surface area contributed by atoms with Gasteiger partial charge in [0, 0.05) is 30.1 Å². The molecule has 9 heteroatoms. The Morgan fingerprint density at radius 1 is 1.33 bits per heavy atom. The number of nitrogens with zero attached hydrogens (tertiary/aromatic N) is 2. The van der Waals surface area contributed by atoms with Crippen LogP contribution in [0.1, 0.15) is 18.4 Å². The number of methoxy groups -OCH3 is 1. The Balaban J connectivity index is 1.66. The predicted octanol–water partition coefficient (Wildman–Crippen LogP) is 3.54. The molecule has 1 aliphatic rings. The molecule has 0 saturated carbocycles. The molecule has 1 saturated heterocycles. The fraction of sp³-hybridized carbons (Fsp3) is 0.286. The highest BCUT2D eigenvalue weighted by atomic mass is 35.5. The third-order valence-electron chi connectivity index (χ3n) is 5.07.